The Morgan fingerprint density at radius 3 is 2.34 bits per heavy atom. The topological polar surface area (TPSA) is 53.8 Å². The van der Waals surface area contributed by atoms with Crippen LogP contribution in [-0.2, 0) is 11.4 Å². The number of fused-ring (bicyclic) bond motifs is 1. The number of aromatic nitrogens is 2. The van der Waals surface area contributed by atoms with E-state index in [1.807, 2.05) is 30.9 Å². The highest BCUT2D eigenvalue weighted by molar-refractivity contribution is 6.35. The van der Waals surface area contributed by atoms with Crippen molar-refractivity contribution >= 4 is 34.8 Å². The summed E-state index contributed by atoms with van der Waals surface area (Å²) in [6, 6.07) is 5.41. The van der Waals surface area contributed by atoms with Gasteiger partial charge in [0.05, 0.1) is 26.6 Å². The first kappa shape index (κ1) is 20.6. The van der Waals surface area contributed by atoms with Crippen LogP contribution in [0.25, 0.3) is 0 Å². The number of hydrogen-bond acceptors (Lipinski definition) is 6. The molecule has 1 aromatic carbocycles. The Kier molecular flexibility index (Phi) is 6.13. The number of rotatable bonds is 4. The highest BCUT2D eigenvalue weighted by atomic mass is 35.5. The summed E-state index contributed by atoms with van der Waals surface area (Å²) in [7, 11) is 0. The van der Waals surface area contributed by atoms with E-state index in [1.54, 1.807) is 10.6 Å². The van der Waals surface area contributed by atoms with Crippen molar-refractivity contribution in [1.82, 2.24) is 19.4 Å². The zero-order chi connectivity index (χ0) is 20.5. The van der Waals surface area contributed by atoms with Gasteiger partial charge in [-0.2, -0.15) is 0 Å². The summed E-state index contributed by atoms with van der Waals surface area (Å²) >= 11 is 12.5. The van der Waals surface area contributed by atoms with Crippen molar-refractivity contribution in [2.24, 2.45) is 0 Å². The molecule has 1 fully saturated rings. The average Bonchev–Trinajstić information content (AvgIpc) is 2.70. The van der Waals surface area contributed by atoms with Gasteiger partial charge >= 0.3 is 0 Å². The molecule has 0 aliphatic carbocycles. The Balaban J connectivity index is 1.67. The molecule has 1 saturated heterocycles. The predicted octanol–water partition coefficient (Wildman–Crippen LogP) is 2.87. The molecule has 156 valence electrons. The zero-order valence-corrected chi connectivity index (χ0v) is 18.2. The molecule has 0 atom stereocenters. The number of nitrogens with zero attached hydrogens (tertiary/aromatic N) is 5. The molecule has 4 rings (SSSR count). The molecule has 0 amide bonds. The second kappa shape index (κ2) is 8.62. The van der Waals surface area contributed by atoms with Gasteiger partial charge in [-0.05, 0) is 32.0 Å². The maximum absolute atomic E-state index is 13.0. The van der Waals surface area contributed by atoms with Crippen LogP contribution in [0.3, 0.4) is 0 Å². The van der Waals surface area contributed by atoms with Crippen molar-refractivity contribution in [3.63, 3.8) is 0 Å². The molecular formula is C20H25Cl2N5O2. The van der Waals surface area contributed by atoms with E-state index in [2.05, 4.69) is 9.80 Å². The molecule has 1 aromatic heterocycles. The number of aryl methyl sites for hydroxylation is 1. The Labute approximate surface area is 180 Å². The number of anilines is 2. The van der Waals surface area contributed by atoms with Gasteiger partial charge in [0, 0.05) is 53.2 Å². The molecule has 0 radical (unpaired) electrons. The Hall–Kier alpha value is -1.64. The quantitative estimate of drug-likeness (QED) is 0.732. The molecule has 0 unspecified atom stereocenters. The largest absolute Gasteiger partial charge is 0.379 e. The molecule has 2 aliphatic heterocycles. The maximum Gasteiger partial charge on any atom is 0.259 e. The van der Waals surface area contributed by atoms with Crippen molar-refractivity contribution in [2.75, 3.05) is 51.0 Å². The fourth-order valence-corrected chi connectivity index (χ4v) is 4.24. The van der Waals surface area contributed by atoms with Gasteiger partial charge in [0.1, 0.15) is 0 Å². The van der Waals surface area contributed by atoms with E-state index >= 15 is 0 Å². The van der Waals surface area contributed by atoms with Crippen LogP contribution >= 0.6 is 23.2 Å². The fraction of sp³-hybridized carbons (Fsp3) is 0.500. The Bertz CT molecular complexity index is 938. The van der Waals surface area contributed by atoms with Crippen LogP contribution in [-0.4, -0.2) is 65.4 Å². The number of hydrogen-bond donors (Lipinski definition) is 0. The first-order valence-electron chi connectivity index (χ1n) is 9.76. The highest BCUT2D eigenvalue weighted by Gasteiger charge is 2.28. The summed E-state index contributed by atoms with van der Waals surface area (Å²) < 4.78 is 7.17. The molecule has 2 aromatic rings. The van der Waals surface area contributed by atoms with Crippen LogP contribution in [0.15, 0.2) is 23.0 Å². The lowest BCUT2D eigenvalue weighted by Gasteiger charge is -2.39. The van der Waals surface area contributed by atoms with E-state index in [0.717, 1.165) is 50.8 Å². The lowest BCUT2D eigenvalue weighted by molar-refractivity contribution is 0.0310. The molecule has 3 heterocycles. The standard InChI is InChI=1S/C20H25Cl2N5O2/c1-14-15(2)23-20-26(18-10-16(21)9-17(22)11-18)12-25(13-27(20)19(14)28)4-3-24-5-7-29-8-6-24/h9-11H,3-8,12-13H2,1-2H3. The molecule has 0 spiro atoms. The highest BCUT2D eigenvalue weighted by Crippen LogP contribution is 2.32. The summed E-state index contributed by atoms with van der Waals surface area (Å²) in [6.07, 6.45) is 0. The van der Waals surface area contributed by atoms with Gasteiger partial charge in [-0.15, -0.1) is 0 Å². The van der Waals surface area contributed by atoms with E-state index in [4.69, 9.17) is 32.9 Å². The van der Waals surface area contributed by atoms with E-state index in [0.29, 0.717) is 34.9 Å². The minimum atomic E-state index is -0.0123. The maximum atomic E-state index is 13.0. The third kappa shape index (κ3) is 4.44. The third-order valence-corrected chi connectivity index (χ3v) is 5.97. The third-order valence-electron chi connectivity index (χ3n) is 5.54. The van der Waals surface area contributed by atoms with Crippen molar-refractivity contribution < 1.29 is 4.74 Å². The first-order chi connectivity index (χ1) is 13.9. The molecule has 0 N–H and O–H groups in total. The summed E-state index contributed by atoms with van der Waals surface area (Å²) in [5.74, 6) is 0.624. The van der Waals surface area contributed by atoms with Crippen LogP contribution in [0.1, 0.15) is 11.3 Å². The number of benzene rings is 1. The van der Waals surface area contributed by atoms with E-state index in [-0.39, 0.29) is 5.56 Å². The van der Waals surface area contributed by atoms with Gasteiger partial charge in [0.2, 0.25) is 5.95 Å². The lowest BCUT2D eigenvalue weighted by Crippen LogP contribution is -2.50. The predicted molar refractivity (Wildman–Crippen MR) is 115 cm³/mol. The summed E-state index contributed by atoms with van der Waals surface area (Å²) in [5, 5.41) is 1.10. The van der Waals surface area contributed by atoms with E-state index < -0.39 is 0 Å². The van der Waals surface area contributed by atoms with Crippen LogP contribution in [0.4, 0.5) is 11.6 Å². The molecule has 7 nitrogen and oxygen atoms in total. The van der Waals surface area contributed by atoms with Crippen LogP contribution in [0.5, 0.6) is 0 Å². The summed E-state index contributed by atoms with van der Waals surface area (Å²) in [6.45, 7) is 10.0. The van der Waals surface area contributed by atoms with E-state index in [9.17, 15) is 4.79 Å². The number of morpholine rings is 1. The van der Waals surface area contributed by atoms with Crippen molar-refractivity contribution in [1.29, 1.82) is 0 Å². The lowest BCUT2D eigenvalue weighted by atomic mass is 10.2. The summed E-state index contributed by atoms with van der Waals surface area (Å²) in [4.78, 5) is 24.4. The normalized spacial score (nSPS) is 18.1. The van der Waals surface area contributed by atoms with Crippen molar-refractivity contribution in [3.05, 3.63) is 49.9 Å². The second-order valence-electron chi connectivity index (χ2n) is 7.54. The molecule has 9 heteroatoms. The SMILES string of the molecule is Cc1nc2n(c(=O)c1C)CN(CCN1CCOCC1)CN2c1cc(Cl)cc(Cl)c1. The van der Waals surface area contributed by atoms with Gasteiger partial charge in [0.15, 0.2) is 0 Å². The molecule has 0 saturated carbocycles. The average molecular weight is 438 g/mol. The monoisotopic (exact) mass is 437 g/mol. The fourth-order valence-electron chi connectivity index (χ4n) is 3.72. The smallest absolute Gasteiger partial charge is 0.259 e. The van der Waals surface area contributed by atoms with Gasteiger partial charge in [-0.1, -0.05) is 23.2 Å². The number of ether oxygens (including phenoxy) is 1. The van der Waals surface area contributed by atoms with Gasteiger partial charge in [-0.25, -0.2) is 4.98 Å². The minimum Gasteiger partial charge on any atom is -0.379 e. The van der Waals surface area contributed by atoms with Crippen molar-refractivity contribution in [2.45, 2.75) is 20.5 Å². The van der Waals surface area contributed by atoms with Crippen LogP contribution in [0, 0.1) is 13.8 Å². The molecule has 2 aliphatic rings. The van der Waals surface area contributed by atoms with Crippen molar-refractivity contribution in [3.8, 4) is 0 Å². The molecular weight excluding hydrogens is 413 g/mol. The van der Waals surface area contributed by atoms with Crippen LogP contribution < -0.4 is 10.5 Å². The summed E-state index contributed by atoms with van der Waals surface area (Å²) in [5.41, 5.74) is 2.22. The second-order valence-corrected chi connectivity index (χ2v) is 8.42. The van der Waals surface area contributed by atoms with Crippen LogP contribution in [0.2, 0.25) is 10.0 Å². The van der Waals surface area contributed by atoms with E-state index in [1.165, 1.54) is 0 Å². The Morgan fingerprint density at radius 1 is 1.00 bits per heavy atom. The molecule has 29 heavy (non-hydrogen) atoms. The number of halogens is 2. The molecule has 0 bridgehead atoms. The van der Waals surface area contributed by atoms with Gasteiger partial charge < -0.3 is 4.74 Å². The van der Waals surface area contributed by atoms with Gasteiger partial charge in [0.25, 0.3) is 5.56 Å². The first-order valence-corrected chi connectivity index (χ1v) is 10.5. The minimum absolute atomic E-state index is 0.0123. The Morgan fingerprint density at radius 2 is 1.66 bits per heavy atom. The van der Waals surface area contributed by atoms with Gasteiger partial charge in [-0.3, -0.25) is 24.1 Å². The zero-order valence-electron chi connectivity index (χ0n) is 16.7.